The number of hydrogen-bond donors (Lipinski definition) is 1. The van der Waals surface area contributed by atoms with Crippen LogP contribution in [0.25, 0.3) is 0 Å². The van der Waals surface area contributed by atoms with Crippen molar-refractivity contribution in [2.45, 2.75) is 19.4 Å². The average molecular weight is 216 g/mol. The molecule has 1 fully saturated rings. The van der Waals surface area contributed by atoms with Crippen molar-refractivity contribution in [3.8, 4) is 0 Å². The zero-order valence-corrected chi connectivity index (χ0v) is 9.67. The molecular weight excluding hydrogens is 200 g/mol. The van der Waals surface area contributed by atoms with Gasteiger partial charge < -0.3 is 9.80 Å². The van der Waals surface area contributed by atoms with Gasteiger partial charge in [0.2, 0.25) is 11.8 Å². The fourth-order valence-corrected chi connectivity index (χ4v) is 1.91. The Kier molecular flexibility index (Phi) is 3.09. The second kappa shape index (κ2) is 3.81. The van der Waals surface area contributed by atoms with Crippen molar-refractivity contribution in [1.29, 1.82) is 0 Å². The van der Waals surface area contributed by atoms with Crippen LogP contribution in [0.1, 0.15) is 13.8 Å². The summed E-state index contributed by atoms with van der Waals surface area (Å²) in [6.07, 6.45) is 0. The number of thiol groups is 1. The molecule has 0 spiro atoms. The summed E-state index contributed by atoms with van der Waals surface area (Å²) in [5.74, 6) is 0.0547. The van der Waals surface area contributed by atoms with Gasteiger partial charge in [0, 0.05) is 20.1 Å². The summed E-state index contributed by atoms with van der Waals surface area (Å²) in [4.78, 5) is 26.6. The van der Waals surface area contributed by atoms with Gasteiger partial charge in [-0.1, -0.05) is 0 Å². The maximum atomic E-state index is 11.8. The molecule has 0 aromatic carbocycles. The first-order valence-corrected chi connectivity index (χ1v) is 5.21. The first-order chi connectivity index (χ1) is 6.41. The van der Waals surface area contributed by atoms with Gasteiger partial charge in [0.1, 0.15) is 5.54 Å². The molecule has 5 heteroatoms. The molecule has 1 aliphatic heterocycles. The van der Waals surface area contributed by atoms with E-state index in [0.29, 0.717) is 13.1 Å². The monoisotopic (exact) mass is 216 g/mol. The molecule has 0 aliphatic carbocycles. The maximum Gasteiger partial charge on any atom is 0.247 e. The maximum absolute atomic E-state index is 11.8. The molecule has 1 aliphatic rings. The molecule has 0 atom stereocenters. The Bertz CT molecular complexity index is 266. The lowest BCUT2D eigenvalue weighted by atomic mass is 9.98. The highest BCUT2D eigenvalue weighted by molar-refractivity contribution is 7.81. The zero-order chi connectivity index (χ0) is 10.9. The van der Waals surface area contributed by atoms with Crippen LogP contribution in [0, 0.1) is 0 Å². The predicted molar refractivity (Wildman–Crippen MR) is 57.3 cm³/mol. The highest BCUT2D eigenvalue weighted by atomic mass is 32.1. The molecule has 4 nitrogen and oxygen atoms in total. The third-order valence-electron chi connectivity index (χ3n) is 2.64. The third-order valence-corrected chi connectivity index (χ3v) is 2.91. The summed E-state index contributed by atoms with van der Waals surface area (Å²) in [6, 6.07) is 0. The molecule has 0 aromatic heterocycles. The van der Waals surface area contributed by atoms with E-state index in [9.17, 15) is 9.59 Å². The predicted octanol–water partition coefficient (Wildman–Crippen LogP) is -0.00460. The van der Waals surface area contributed by atoms with Gasteiger partial charge >= 0.3 is 0 Å². The van der Waals surface area contributed by atoms with E-state index in [2.05, 4.69) is 12.6 Å². The number of piperazine rings is 1. The van der Waals surface area contributed by atoms with E-state index in [1.54, 1.807) is 30.7 Å². The first-order valence-electron chi connectivity index (χ1n) is 4.58. The van der Waals surface area contributed by atoms with E-state index in [1.807, 2.05) is 0 Å². The smallest absolute Gasteiger partial charge is 0.247 e. The Labute approximate surface area is 89.7 Å². The van der Waals surface area contributed by atoms with Crippen LogP contribution in [0.2, 0.25) is 0 Å². The Morgan fingerprint density at radius 3 is 2.57 bits per heavy atom. The summed E-state index contributed by atoms with van der Waals surface area (Å²) < 4.78 is 0. The van der Waals surface area contributed by atoms with E-state index in [1.165, 1.54) is 0 Å². The molecular formula is C9H16N2O2S. The number of rotatable bonds is 1. The zero-order valence-electron chi connectivity index (χ0n) is 8.78. The summed E-state index contributed by atoms with van der Waals surface area (Å²) in [5, 5.41) is 0. The Balaban J connectivity index is 2.89. The molecule has 14 heavy (non-hydrogen) atoms. The van der Waals surface area contributed by atoms with Crippen molar-refractivity contribution < 1.29 is 9.59 Å². The summed E-state index contributed by atoms with van der Waals surface area (Å²) in [6.45, 7) is 4.73. The molecule has 2 amide bonds. The summed E-state index contributed by atoms with van der Waals surface area (Å²) in [7, 11) is 1.76. The van der Waals surface area contributed by atoms with E-state index in [4.69, 9.17) is 0 Å². The van der Waals surface area contributed by atoms with Crippen molar-refractivity contribution >= 4 is 24.4 Å². The number of amides is 2. The van der Waals surface area contributed by atoms with Crippen molar-refractivity contribution in [3.05, 3.63) is 0 Å². The molecule has 80 valence electrons. The molecule has 1 saturated heterocycles. The number of carbonyl (C=O) groups is 2. The van der Waals surface area contributed by atoms with Crippen LogP contribution in [0.5, 0.6) is 0 Å². The molecule has 0 unspecified atom stereocenters. The average Bonchev–Trinajstić information content (AvgIpc) is 2.13. The summed E-state index contributed by atoms with van der Waals surface area (Å²) >= 11 is 3.94. The fourth-order valence-electron chi connectivity index (χ4n) is 1.74. The third kappa shape index (κ3) is 1.73. The molecule has 1 heterocycles. The lowest BCUT2D eigenvalue weighted by molar-refractivity contribution is -0.155. The van der Waals surface area contributed by atoms with Gasteiger partial charge in [-0.15, -0.1) is 0 Å². The van der Waals surface area contributed by atoms with E-state index >= 15 is 0 Å². The standard InChI is InChI=1S/C9H16N2O2S/c1-9(2)8(13)10(3)4-5-11(9)7(12)6-14/h14H,4-6H2,1-3H3. The van der Waals surface area contributed by atoms with Crippen molar-refractivity contribution in [2.24, 2.45) is 0 Å². The molecule has 0 N–H and O–H groups in total. The topological polar surface area (TPSA) is 40.6 Å². The van der Waals surface area contributed by atoms with Crippen LogP contribution in [0.3, 0.4) is 0 Å². The van der Waals surface area contributed by atoms with Crippen molar-refractivity contribution in [3.63, 3.8) is 0 Å². The van der Waals surface area contributed by atoms with Gasteiger partial charge in [0.25, 0.3) is 0 Å². The van der Waals surface area contributed by atoms with Gasteiger partial charge in [-0.25, -0.2) is 0 Å². The van der Waals surface area contributed by atoms with Crippen LogP contribution >= 0.6 is 12.6 Å². The largest absolute Gasteiger partial charge is 0.342 e. The number of carbonyl (C=O) groups excluding carboxylic acids is 2. The highest BCUT2D eigenvalue weighted by Crippen LogP contribution is 2.21. The number of hydrogen-bond acceptors (Lipinski definition) is 3. The van der Waals surface area contributed by atoms with Crippen LogP contribution in [-0.4, -0.2) is 53.0 Å². The van der Waals surface area contributed by atoms with Gasteiger partial charge in [-0.3, -0.25) is 9.59 Å². The van der Waals surface area contributed by atoms with Gasteiger partial charge in [-0.2, -0.15) is 12.6 Å². The van der Waals surface area contributed by atoms with Crippen molar-refractivity contribution in [1.82, 2.24) is 9.80 Å². The molecule has 0 aromatic rings. The quantitative estimate of drug-likeness (QED) is 0.627. The van der Waals surface area contributed by atoms with Crippen LogP contribution in [0.15, 0.2) is 0 Å². The fraction of sp³-hybridized carbons (Fsp3) is 0.778. The lowest BCUT2D eigenvalue weighted by Gasteiger charge is -2.44. The van der Waals surface area contributed by atoms with Gasteiger partial charge in [0.15, 0.2) is 0 Å². The Hall–Kier alpha value is -0.710. The number of nitrogens with zero attached hydrogens (tertiary/aromatic N) is 2. The van der Waals surface area contributed by atoms with Crippen LogP contribution in [-0.2, 0) is 9.59 Å². The Morgan fingerprint density at radius 1 is 1.50 bits per heavy atom. The van der Waals surface area contributed by atoms with E-state index < -0.39 is 5.54 Å². The SMILES string of the molecule is CN1CCN(C(=O)CS)C(C)(C)C1=O. The lowest BCUT2D eigenvalue weighted by Crippen LogP contribution is -2.63. The van der Waals surface area contributed by atoms with Crippen LogP contribution < -0.4 is 0 Å². The minimum absolute atomic E-state index is 0.0149. The molecule has 0 bridgehead atoms. The van der Waals surface area contributed by atoms with Gasteiger partial charge in [0.05, 0.1) is 5.75 Å². The minimum Gasteiger partial charge on any atom is -0.342 e. The number of likely N-dealkylation sites (N-methyl/N-ethyl adjacent to an activating group) is 1. The molecule has 0 radical (unpaired) electrons. The Morgan fingerprint density at radius 2 is 2.07 bits per heavy atom. The van der Waals surface area contributed by atoms with Crippen LogP contribution in [0.4, 0.5) is 0 Å². The van der Waals surface area contributed by atoms with Gasteiger partial charge in [-0.05, 0) is 13.8 Å². The highest BCUT2D eigenvalue weighted by Gasteiger charge is 2.42. The second-order valence-electron chi connectivity index (χ2n) is 3.99. The molecule has 0 saturated carbocycles. The normalized spacial score (nSPS) is 21.3. The van der Waals surface area contributed by atoms with Crippen molar-refractivity contribution in [2.75, 3.05) is 25.9 Å². The first kappa shape index (κ1) is 11.4. The van der Waals surface area contributed by atoms with E-state index in [-0.39, 0.29) is 17.6 Å². The summed E-state index contributed by atoms with van der Waals surface area (Å²) in [5.41, 5.74) is -0.729. The second-order valence-corrected chi connectivity index (χ2v) is 4.31. The minimum atomic E-state index is -0.729. The van der Waals surface area contributed by atoms with E-state index in [0.717, 1.165) is 0 Å². The molecule has 1 rings (SSSR count).